The van der Waals surface area contributed by atoms with Gasteiger partial charge in [-0.05, 0) is 49.7 Å². The Hall–Kier alpha value is -1.65. The third-order valence-electron chi connectivity index (χ3n) is 3.54. The highest BCUT2D eigenvalue weighted by Gasteiger charge is 2.30. The van der Waals surface area contributed by atoms with Crippen LogP contribution in [0.4, 0.5) is 5.82 Å². The zero-order valence-corrected chi connectivity index (χ0v) is 10.2. The summed E-state index contributed by atoms with van der Waals surface area (Å²) < 4.78 is 0. The van der Waals surface area contributed by atoms with Crippen LogP contribution in [0, 0.1) is 11.8 Å². The van der Waals surface area contributed by atoms with Crippen LogP contribution < -0.4 is 4.90 Å². The van der Waals surface area contributed by atoms with Crippen LogP contribution in [0.5, 0.6) is 0 Å². The van der Waals surface area contributed by atoms with Gasteiger partial charge in [0, 0.05) is 13.1 Å². The fourth-order valence-corrected chi connectivity index (χ4v) is 2.09. The maximum atomic E-state index is 10.7. The van der Waals surface area contributed by atoms with Crippen LogP contribution >= 0.6 is 0 Å². The SMILES string of the molecule is O=C(O)c1ccc(N(CC2CC2)CC2CC2)nn1. The predicted octanol–water partition coefficient (Wildman–Crippen LogP) is 1.80. The second-order valence-electron chi connectivity index (χ2n) is 5.37. The van der Waals surface area contributed by atoms with Gasteiger partial charge in [-0.1, -0.05) is 0 Å². The molecule has 2 aliphatic rings. The summed E-state index contributed by atoms with van der Waals surface area (Å²) in [6, 6.07) is 3.32. The van der Waals surface area contributed by atoms with Gasteiger partial charge in [0.15, 0.2) is 11.5 Å². The number of carboxylic acids is 1. The van der Waals surface area contributed by atoms with E-state index in [4.69, 9.17) is 5.11 Å². The van der Waals surface area contributed by atoms with Crippen molar-refractivity contribution in [1.82, 2.24) is 10.2 Å². The molecule has 5 nitrogen and oxygen atoms in total. The van der Waals surface area contributed by atoms with E-state index in [1.807, 2.05) is 0 Å². The van der Waals surface area contributed by atoms with Crippen molar-refractivity contribution in [2.75, 3.05) is 18.0 Å². The molecule has 0 radical (unpaired) electrons. The van der Waals surface area contributed by atoms with Crippen molar-refractivity contribution in [2.24, 2.45) is 11.8 Å². The van der Waals surface area contributed by atoms with Crippen molar-refractivity contribution < 1.29 is 9.90 Å². The molecule has 0 aromatic carbocycles. The van der Waals surface area contributed by atoms with Gasteiger partial charge < -0.3 is 10.0 Å². The maximum Gasteiger partial charge on any atom is 0.356 e. The van der Waals surface area contributed by atoms with Gasteiger partial charge in [0.05, 0.1) is 0 Å². The summed E-state index contributed by atoms with van der Waals surface area (Å²) in [6.45, 7) is 2.08. The Morgan fingerprint density at radius 3 is 2.17 bits per heavy atom. The van der Waals surface area contributed by atoms with Crippen molar-refractivity contribution in [1.29, 1.82) is 0 Å². The Morgan fingerprint density at radius 2 is 1.78 bits per heavy atom. The van der Waals surface area contributed by atoms with Crippen LogP contribution in [0.25, 0.3) is 0 Å². The van der Waals surface area contributed by atoms with E-state index in [-0.39, 0.29) is 5.69 Å². The van der Waals surface area contributed by atoms with Crippen molar-refractivity contribution >= 4 is 11.8 Å². The molecule has 5 heteroatoms. The average molecular weight is 247 g/mol. The number of hydrogen-bond acceptors (Lipinski definition) is 4. The van der Waals surface area contributed by atoms with E-state index in [0.29, 0.717) is 0 Å². The van der Waals surface area contributed by atoms with Crippen molar-refractivity contribution in [2.45, 2.75) is 25.7 Å². The molecule has 1 aromatic heterocycles. The monoisotopic (exact) mass is 247 g/mol. The summed E-state index contributed by atoms with van der Waals surface area (Å²) in [5.41, 5.74) is 0.0107. The number of carbonyl (C=O) groups is 1. The largest absolute Gasteiger partial charge is 0.476 e. The molecule has 1 aromatic rings. The number of anilines is 1. The minimum atomic E-state index is -1.02. The fourth-order valence-electron chi connectivity index (χ4n) is 2.09. The molecule has 0 spiro atoms. The molecule has 1 N–H and O–H groups in total. The molecule has 0 atom stereocenters. The Kier molecular flexibility index (Phi) is 2.89. The number of rotatable bonds is 6. The van der Waals surface area contributed by atoms with Gasteiger partial charge >= 0.3 is 5.97 Å². The first kappa shape index (κ1) is 11.4. The first-order chi connectivity index (χ1) is 8.72. The molecule has 3 rings (SSSR count). The van der Waals surface area contributed by atoms with Crippen molar-refractivity contribution in [3.05, 3.63) is 17.8 Å². The Bertz CT molecular complexity index is 424. The molecule has 1 heterocycles. The highest BCUT2D eigenvalue weighted by atomic mass is 16.4. The second-order valence-corrected chi connectivity index (χ2v) is 5.37. The third-order valence-corrected chi connectivity index (χ3v) is 3.54. The molecule has 2 fully saturated rings. The maximum absolute atomic E-state index is 10.7. The molecular formula is C13H17N3O2. The van der Waals surface area contributed by atoms with E-state index < -0.39 is 5.97 Å². The zero-order chi connectivity index (χ0) is 12.5. The minimum absolute atomic E-state index is 0.0107. The van der Waals surface area contributed by atoms with Gasteiger partial charge in [-0.25, -0.2) is 4.79 Å². The van der Waals surface area contributed by atoms with Gasteiger partial charge in [-0.15, -0.1) is 10.2 Å². The average Bonchev–Trinajstić information content (AvgIpc) is 3.23. The van der Waals surface area contributed by atoms with Gasteiger partial charge in [-0.2, -0.15) is 0 Å². The molecule has 0 aliphatic heterocycles. The normalized spacial score (nSPS) is 18.7. The molecule has 2 aliphatic carbocycles. The summed E-state index contributed by atoms with van der Waals surface area (Å²) >= 11 is 0. The summed E-state index contributed by atoms with van der Waals surface area (Å²) in [7, 11) is 0. The standard InChI is InChI=1S/C13H17N3O2/c17-13(18)11-5-6-12(15-14-11)16(7-9-1-2-9)8-10-3-4-10/h5-6,9-10H,1-4,7-8H2,(H,17,18). The molecule has 0 saturated heterocycles. The van der Waals surface area contributed by atoms with Crippen LogP contribution in [0.15, 0.2) is 12.1 Å². The lowest BCUT2D eigenvalue weighted by Gasteiger charge is -2.23. The Balaban J connectivity index is 1.72. The van der Waals surface area contributed by atoms with Crippen LogP contribution in [0.1, 0.15) is 36.2 Å². The molecule has 0 bridgehead atoms. The molecule has 18 heavy (non-hydrogen) atoms. The van der Waals surface area contributed by atoms with E-state index >= 15 is 0 Å². The van der Waals surface area contributed by atoms with E-state index in [1.54, 1.807) is 6.07 Å². The number of nitrogens with zero attached hydrogens (tertiary/aromatic N) is 3. The minimum Gasteiger partial charge on any atom is -0.476 e. The number of aromatic carboxylic acids is 1. The first-order valence-corrected chi connectivity index (χ1v) is 6.54. The summed E-state index contributed by atoms with van der Waals surface area (Å²) in [4.78, 5) is 13.0. The summed E-state index contributed by atoms with van der Waals surface area (Å²) in [5.74, 6) is 1.39. The number of hydrogen-bond donors (Lipinski definition) is 1. The molecular weight excluding hydrogens is 230 g/mol. The van der Waals surface area contributed by atoms with E-state index in [9.17, 15) is 4.79 Å². The Morgan fingerprint density at radius 1 is 1.17 bits per heavy atom. The van der Waals surface area contributed by atoms with Gasteiger partial charge in [0.1, 0.15) is 0 Å². The number of aromatic nitrogens is 2. The third kappa shape index (κ3) is 2.78. The van der Waals surface area contributed by atoms with Gasteiger partial charge in [0.25, 0.3) is 0 Å². The van der Waals surface area contributed by atoms with Gasteiger partial charge in [-0.3, -0.25) is 0 Å². The molecule has 0 unspecified atom stereocenters. The highest BCUT2D eigenvalue weighted by Crippen LogP contribution is 2.35. The van der Waals surface area contributed by atoms with E-state index in [1.165, 1.54) is 31.7 Å². The van der Waals surface area contributed by atoms with Crippen LogP contribution in [-0.4, -0.2) is 34.4 Å². The van der Waals surface area contributed by atoms with Gasteiger partial charge in [0.2, 0.25) is 0 Å². The van der Waals surface area contributed by atoms with Crippen molar-refractivity contribution in [3.63, 3.8) is 0 Å². The number of carboxylic acid groups (broad SMARTS) is 1. The van der Waals surface area contributed by atoms with Crippen LogP contribution in [0.2, 0.25) is 0 Å². The topological polar surface area (TPSA) is 66.3 Å². The van der Waals surface area contributed by atoms with E-state index in [2.05, 4.69) is 15.1 Å². The summed E-state index contributed by atoms with van der Waals surface area (Å²) in [6.07, 6.45) is 5.23. The lowest BCUT2D eigenvalue weighted by Crippen LogP contribution is -2.29. The molecule has 2 saturated carbocycles. The molecule has 0 amide bonds. The second kappa shape index (κ2) is 4.55. The van der Waals surface area contributed by atoms with Crippen molar-refractivity contribution in [3.8, 4) is 0 Å². The summed E-state index contributed by atoms with van der Waals surface area (Å²) in [5, 5.41) is 16.6. The van der Waals surface area contributed by atoms with E-state index in [0.717, 1.165) is 30.7 Å². The predicted molar refractivity (Wildman–Crippen MR) is 66.7 cm³/mol. The smallest absolute Gasteiger partial charge is 0.356 e. The Labute approximate surface area is 106 Å². The zero-order valence-electron chi connectivity index (χ0n) is 10.2. The van der Waals surface area contributed by atoms with Crippen LogP contribution in [-0.2, 0) is 0 Å². The quantitative estimate of drug-likeness (QED) is 0.830. The first-order valence-electron chi connectivity index (χ1n) is 6.54. The lowest BCUT2D eigenvalue weighted by atomic mass is 10.3. The lowest BCUT2D eigenvalue weighted by molar-refractivity contribution is 0.0689. The molecule has 96 valence electrons. The van der Waals surface area contributed by atoms with Crippen LogP contribution in [0.3, 0.4) is 0 Å². The fraction of sp³-hybridized carbons (Fsp3) is 0.615. The highest BCUT2D eigenvalue weighted by molar-refractivity contribution is 5.85.